The van der Waals surface area contributed by atoms with Crippen LogP contribution < -0.4 is 10.6 Å². The van der Waals surface area contributed by atoms with Gasteiger partial charge in [-0.05, 0) is 25.2 Å². The van der Waals surface area contributed by atoms with Gasteiger partial charge in [0.2, 0.25) is 11.8 Å². The van der Waals surface area contributed by atoms with Crippen LogP contribution in [0, 0.1) is 5.41 Å². The minimum atomic E-state index is -0.182. The molecule has 0 spiro atoms. The van der Waals surface area contributed by atoms with Crippen LogP contribution in [0.2, 0.25) is 0 Å². The van der Waals surface area contributed by atoms with Gasteiger partial charge in [-0.1, -0.05) is 19.3 Å². The number of thiazole rings is 1. The summed E-state index contributed by atoms with van der Waals surface area (Å²) >= 11 is 1.41. The molecule has 21 heavy (non-hydrogen) atoms. The Balaban J connectivity index is 1.98. The lowest BCUT2D eigenvalue weighted by Gasteiger charge is -2.36. The Bertz CT molecular complexity index is 467. The lowest BCUT2D eigenvalue weighted by Crippen LogP contribution is -2.36. The molecule has 6 heteroatoms. The average Bonchev–Trinajstić information content (AvgIpc) is 2.92. The van der Waals surface area contributed by atoms with E-state index in [1.165, 1.54) is 17.8 Å². The Labute approximate surface area is 129 Å². The van der Waals surface area contributed by atoms with Crippen molar-refractivity contribution in [1.29, 1.82) is 0 Å². The van der Waals surface area contributed by atoms with Crippen LogP contribution in [0.3, 0.4) is 0 Å². The van der Waals surface area contributed by atoms with Gasteiger partial charge in [-0.15, -0.1) is 11.3 Å². The summed E-state index contributed by atoms with van der Waals surface area (Å²) < 4.78 is 0. The molecule has 0 aliphatic heterocycles. The highest BCUT2D eigenvalue weighted by molar-refractivity contribution is 7.13. The number of rotatable bonds is 6. The minimum Gasteiger partial charge on any atom is -0.356 e. The molecule has 5 nitrogen and oxygen atoms in total. The fourth-order valence-electron chi connectivity index (χ4n) is 3.11. The molecule has 2 rings (SSSR count). The van der Waals surface area contributed by atoms with E-state index < -0.39 is 0 Å². The van der Waals surface area contributed by atoms with Gasteiger partial charge < -0.3 is 10.6 Å². The van der Waals surface area contributed by atoms with Gasteiger partial charge in [0, 0.05) is 31.0 Å². The molecule has 1 aromatic heterocycles. The monoisotopic (exact) mass is 309 g/mol. The Morgan fingerprint density at radius 3 is 2.57 bits per heavy atom. The smallest absolute Gasteiger partial charge is 0.226 e. The van der Waals surface area contributed by atoms with Gasteiger partial charge in [0.05, 0.1) is 0 Å². The van der Waals surface area contributed by atoms with Crippen LogP contribution in [0.4, 0.5) is 5.13 Å². The Morgan fingerprint density at radius 2 is 1.95 bits per heavy atom. The first-order chi connectivity index (χ1) is 10.1. The lowest BCUT2D eigenvalue weighted by atomic mass is 9.69. The number of hydrogen-bond donors (Lipinski definition) is 2. The standard InChI is InChI=1S/C15H23N3O2S/c1-2-16-12(19)10-15(6-4-3-5-7-15)11-13(20)18-14-17-8-9-21-14/h8-9H,2-7,10-11H2,1H3,(H,16,19)(H,17,18,20). The molecular weight excluding hydrogens is 286 g/mol. The van der Waals surface area contributed by atoms with Crippen LogP contribution in [0.1, 0.15) is 51.9 Å². The van der Waals surface area contributed by atoms with E-state index in [1.807, 2.05) is 12.3 Å². The molecule has 2 N–H and O–H groups in total. The molecule has 1 aliphatic rings. The third-order valence-electron chi connectivity index (χ3n) is 4.04. The molecule has 0 atom stereocenters. The molecule has 1 aromatic rings. The summed E-state index contributed by atoms with van der Waals surface area (Å²) in [6.07, 6.45) is 7.84. The first kappa shape index (κ1) is 15.9. The van der Waals surface area contributed by atoms with Crippen molar-refractivity contribution in [2.24, 2.45) is 5.41 Å². The quantitative estimate of drug-likeness (QED) is 0.848. The number of carbonyl (C=O) groups excluding carboxylic acids is 2. The number of nitrogens with one attached hydrogen (secondary N) is 2. The van der Waals surface area contributed by atoms with Crippen LogP contribution in [-0.4, -0.2) is 23.3 Å². The van der Waals surface area contributed by atoms with E-state index in [2.05, 4.69) is 15.6 Å². The Morgan fingerprint density at radius 1 is 1.24 bits per heavy atom. The highest BCUT2D eigenvalue weighted by atomic mass is 32.1. The summed E-state index contributed by atoms with van der Waals surface area (Å²) in [5.41, 5.74) is -0.182. The number of amides is 2. The fraction of sp³-hybridized carbons (Fsp3) is 0.667. The van der Waals surface area contributed by atoms with Crippen LogP contribution in [0.5, 0.6) is 0 Å². The average molecular weight is 309 g/mol. The second-order valence-electron chi connectivity index (χ2n) is 5.75. The third-order valence-corrected chi connectivity index (χ3v) is 4.73. The van der Waals surface area contributed by atoms with Gasteiger partial charge in [0.25, 0.3) is 0 Å². The molecule has 0 saturated heterocycles. The second kappa shape index (κ2) is 7.54. The number of aromatic nitrogens is 1. The molecule has 0 unspecified atom stereocenters. The van der Waals surface area contributed by atoms with Gasteiger partial charge in [0.15, 0.2) is 5.13 Å². The van der Waals surface area contributed by atoms with E-state index in [1.54, 1.807) is 6.20 Å². The molecule has 116 valence electrons. The summed E-state index contributed by atoms with van der Waals surface area (Å²) in [6, 6.07) is 0. The van der Waals surface area contributed by atoms with Crippen molar-refractivity contribution in [3.63, 3.8) is 0 Å². The normalized spacial score (nSPS) is 17.2. The van der Waals surface area contributed by atoms with E-state index in [9.17, 15) is 9.59 Å². The van der Waals surface area contributed by atoms with Crippen molar-refractivity contribution < 1.29 is 9.59 Å². The van der Waals surface area contributed by atoms with Gasteiger partial charge in [-0.3, -0.25) is 9.59 Å². The SMILES string of the molecule is CCNC(=O)CC1(CC(=O)Nc2nccs2)CCCCC1. The maximum atomic E-state index is 12.2. The van der Waals surface area contributed by atoms with Gasteiger partial charge in [0.1, 0.15) is 0 Å². The molecule has 1 saturated carbocycles. The number of carbonyl (C=O) groups is 2. The van der Waals surface area contributed by atoms with Crippen LogP contribution >= 0.6 is 11.3 Å². The lowest BCUT2D eigenvalue weighted by molar-refractivity contribution is -0.125. The van der Waals surface area contributed by atoms with Gasteiger partial charge >= 0.3 is 0 Å². The highest BCUT2D eigenvalue weighted by Gasteiger charge is 2.36. The van der Waals surface area contributed by atoms with Gasteiger partial charge in [-0.2, -0.15) is 0 Å². The molecular formula is C15H23N3O2S. The van der Waals surface area contributed by atoms with Crippen molar-refractivity contribution in [2.45, 2.75) is 51.9 Å². The summed E-state index contributed by atoms with van der Waals surface area (Å²) in [5.74, 6) is 0.0256. The van der Waals surface area contributed by atoms with E-state index in [4.69, 9.17) is 0 Å². The number of hydrogen-bond acceptors (Lipinski definition) is 4. The summed E-state index contributed by atoms with van der Waals surface area (Å²) in [4.78, 5) is 28.3. The van der Waals surface area contributed by atoms with E-state index in [-0.39, 0.29) is 17.2 Å². The predicted molar refractivity (Wildman–Crippen MR) is 84.2 cm³/mol. The molecule has 0 bridgehead atoms. The van der Waals surface area contributed by atoms with Crippen molar-refractivity contribution in [3.05, 3.63) is 11.6 Å². The Hall–Kier alpha value is -1.43. The van der Waals surface area contributed by atoms with Crippen molar-refractivity contribution in [1.82, 2.24) is 10.3 Å². The summed E-state index contributed by atoms with van der Waals surface area (Å²) in [6.45, 7) is 2.56. The zero-order valence-corrected chi connectivity index (χ0v) is 13.3. The number of nitrogens with zero attached hydrogens (tertiary/aromatic N) is 1. The molecule has 2 amide bonds. The first-order valence-corrected chi connectivity index (χ1v) is 8.47. The van der Waals surface area contributed by atoms with Crippen molar-refractivity contribution >= 4 is 28.3 Å². The van der Waals surface area contributed by atoms with E-state index >= 15 is 0 Å². The fourth-order valence-corrected chi connectivity index (χ4v) is 3.65. The maximum absolute atomic E-state index is 12.2. The molecule has 1 aliphatic carbocycles. The van der Waals surface area contributed by atoms with Crippen molar-refractivity contribution in [3.8, 4) is 0 Å². The highest BCUT2D eigenvalue weighted by Crippen LogP contribution is 2.42. The van der Waals surface area contributed by atoms with E-state index in [0.29, 0.717) is 24.5 Å². The second-order valence-corrected chi connectivity index (χ2v) is 6.65. The molecule has 0 radical (unpaired) electrons. The maximum Gasteiger partial charge on any atom is 0.226 e. The van der Waals surface area contributed by atoms with Gasteiger partial charge in [-0.25, -0.2) is 4.98 Å². The van der Waals surface area contributed by atoms with Crippen LogP contribution in [0.25, 0.3) is 0 Å². The first-order valence-electron chi connectivity index (χ1n) is 7.60. The molecule has 1 heterocycles. The van der Waals surface area contributed by atoms with Crippen LogP contribution in [0.15, 0.2) is 11.6 Å². The van der Waals surface area contributed by atoms with Crippen molar-refractivity contribution in [2.75, 3.05) is 11.9 Å². The Kier molecular flexibility index (Phi) is 5.73. The zero-order valence-electron chi connectivity index (χ0n) is 12.5. The largest absolute Gasteiger partial charge is 0.356 e. The number of anilines is 1. The summed E-state index contributed by atoms with van der Waals surface area (Å²) in [7, 11) is 0. The van der Waals surface area contributed by atoms with Crippen LogP contribution in [-0.2, 0) is 9.59 Å². The third kappa shape index (κ3) is 4.81. The summed E-state index contributed by atoms with van der Waals surface area (Å²) in [5, 5.41) is 8.15. The minimum absolute atomic E-state index is 0.0313. The topological polar surface area (TPSA) is 71.1 Å². The zero-order chi connectivity index (χ0) is 15.1. The predicted octanol–water partition coefficient (Wildman–Crippen LogP) is 2.95. The molecule has 1 fully saturated rings. The molecule has 0 aromatic carbocycles. The van der Waals surface area contributed by atoms with E-state index in [0.717, 1.165) is 25.7 Å².